The normalized spacial score (nSPS) is 18.0. The van der Waals surface area contributed by atoms with E-state index in [4.69, 9.17) is 4.42 Å². The van der Waals surface area contributed by atoms with Crippen molar-refractivity contribution in [2.24, 2.45) is 0 Å². The van der Waals surface area contributed by atoms with E-state index >= 15 is 0 Å². The third-order valence-electron chi connectivity index (χ3n) is 6.24. The topological polar surface area (TPSA) is 46.3 Å². The van der Waals surface area contributed by atoms with Gasteiger partial charge >= 0.3 is 0 Å². The molecule has 2 aromatic rings. The van der Waals surface area contributed by atoms with E-state index in [1.807, 2.05) is 13.8 Å². The molecule has 1 aliphatic carbocycles. The average Bonchev–Trinajstić information content (AvgIpc) is 2.89. The zero-order valence-electron chi connectivity index (χ0n) is 16.6. The molecule has 0 N–H and O–H groups in total. The summed E-state index contributed by atoms with van der Waals surface area (Å²) < 4.78 is 5.61. The number of hydrogen-bond donors (Lipinski definition) is 0. The summed E-state index contributed by atoms with van der Waals surface area (Å²) in [6.07, 6.45) is 8.41. The molecule has 2 aliphatic rings. The van der Waals surface area contributed by atoms with Crippen molar-refractivity contribution in [2.75, 3.05) is 13.1 Å². The van der Waals surface area contributed by atoms with Crippen LogP contribution in [0.25, 0.3) is 0 Å². The van der Waals surface area contributed by atoms with Crippen LogP contribution in [0.2, 0.25) is 0 Å². The number of nitrogens with zero attached hydrogens (tertiary/aromatic N) is 2. The lowest BCUT2D eigenvalue weighted by atomic mass is 9.91. The first kappa shape index (κ1) is 18.4. The van der Waals surface area contributed by atoms with E-state index in [1.165, 1.54) is 49.0 Å². The summed E-state index contributed by atoms with van der Waals surface area (Å²) >= 11 is 0. The molecule has 0 atom stereocenters. The molecular formula is C23H30N2O2. The number of Topliss-reactive ketones (excluding diaryl/α,β-unsaturated/α-hetero) is 1. The highest BCUT2D eigenvalue weighted by Crippen LogP contribution is 2.28. The molecule has 0 unspecified atom stereocenters. The first-order valence-corrected chi connectivity index (χ1v) is 10.5. The Morgan fingerprint density at radius 1 is 1.22 bits per heavy atom. The van der Waals surface area contributed by atoms with Gasteiger partial charge in [0.05, 0.1) is 5.69 Å². The van der Waals surface area contributed by atoms with Gasteiger partial charge in [0.1, 0.15) is 0 Å². The molecule has 4 heteroatoms. The smallest absolute Gasteiger partial charge is 0.200 e. The predicted octanol–water partition coefficient (Wildman–Crippen LogP) is 4.31. The monoisotopic (exact) mass is 366 g/mol. The van der Waals surface area contributed by atoms with Crippen molar-refractivity contribution >= 4 is 5.78 Å². The standard InChI is InChI=1S/C23H30N2O2/c1-3-22-24-16(2)23(27-22)21(26)10-8-17-7-9-18-11-13-25(20-5-4-6-20)14-12-19(18)15-17/h7,9,15,20H,3-6,8,10-14H2,1-2H3. The van der Waals surface area contributed by atoms with E-state index < -0.39 is 0 Å². The third-order valence-corrected chi connectivity index (χ3v) is 6.24. The molecule has 0 spiro atoms. The van der Waals surface area contributed by atoms with Crippen LogP contribution < -0.4 is 0 Å². The van der Waals surface area contributed by atoms with Crippen LogP contribution in [-0.4, -0.2) is 34.8 Å². The Morgan fingerprint density at radius 2 is 2.00 bits per heavy atom. The summed E-state index contributed by atoms with van der Waals surface area (Å²) in [6.45, 7) is 6.21. The van der Waals surface area contributed by atoms with Gasteiger partial charge in [-0.1, -0.05) is 31.5 Å². The quantitative estimate of drug-likeness (QED) is 0.715. The summed E-state index contributed by atoms with van der Waals surface area (Å²) in [5.41, 5.74) is 4.94. The number of aromatic nitrogens is 1. The Morgan fingerprint density at radius 3 is 2.67 bits per heavy atom. The Bertz CT molecular complexity index is 820. The fourth-order valence-corrected chi connectivity index (χ4v) is 4.30. The zero-order valence-corrected chi connectivity index (χ0v) is 16.6. The summed E-state index contributed by atoms with van der Waals surface area (Å²) in [5.74, 6) is 1.15. The minimum absolute atomic E-state index is 0.0609. The van der Waals surface area contributed by atoms with E-state index in [-0.39, 0.29) is 5.78 Å². The highest BCUT2D eigenvalue weighted by atomic mass is 16.4. The second-order valence-corrected chi connectivity index (χ2v) is 8.02. The highest BCUT2D eigenvalue weighted by Gasteiger charge is 2.26. The maximum Gasteiger partial charge on any atom is 0.200 e. The Kier molecular flexibility index (Phi) is 5.44. The van der Waals surface area contributed by atoms with E-state index in [1.54, 1.807) is 0 Å². The minimum Gasteiger partial charge on any atom is -0.437 e. The second kappa shape index (κ2) is 7.97. The number of fused-ring (bicyclic) bond motifs is 1. The lowest BCUT2D eigenvalue weighted by molar-refractivity contribution is 0.0953. The van der Waals surface area contributed by atoms with Gasteiger partial charge in [0.15, 0.2) is 17.4 Å². The number of aryl methyl sites for hydroxylation is 3. The molecule has 1 saturated carbocycles. The minimum atomic E-state index is 0.0609. The Balaban J connectivity index is 1.38. The molecule has 144 valence electrons. The number of ketones is 1. The average molecular weight is 367 g/mol. The zero-order chi connectivity index (χ0) is 18.8. The molecule has 0 bridgehead atoms. The van der Waals surface area contributed by atoms with Gasteiger partial charge in [-0.3, -0.25) is 9.69 Å². The van der Waals surface area contributed by atoms with E-state index in [0.29, 0.717) is 18.1 Å². The maximum atomic E-state index is 12.5. The van der Waals surface area contributed by atoms with Crippen molar-refractivity contribution in [1.29, 1.82) is 0 Å². The summed E-state index contributed by atoms with van der Waals surface area (Å²) in [7, 11) is 0. The van der Waals surface area contributed by atoms with E-state index in [9.17, 15) is 4.79 Å². The molecule has 1 aliphatic heterocycles. The molecule has 2 heterocycles. The van der Waals surface area contributed by atoms with Crippen LogP contribution in [0, 0.1) is 6.92 Å². The predicted molar refractivity (Wildman–Crippen MR) is 106 cm³/mol. The number of carbonyl (C=O) groups is 1. The summed E-state index contributed by atoms with van der Waals surface area (Å²) in [6, 6.07) is 7.65. The largest absolute Gasteiger partial charge is 0.437 e. The van der Waals surface area contributed by atoms with Gasteiger partial charge in [-0.05, 0) is 55.7 Å². The van der Waals surface area contributed by atoms with Crippen LogP contribution in [0.4, 0.5) is 0 Å². The molecule has 1 fully saturated rings. The van der Waals surface area contributed by atoms with Crippen molar-refractivity contribution < 1.29 is 9.21 Å². The lowest BCUT2D eigenvalue weighted by Crippen LogP contribution is -2.41. The van der Waals surface area contributed by atoms with Crippen molar-refractivity contribution in [3.63, 3.8) is 0 Å². The first-order chi connectivity index (χ1) is 13.1. The van der Waals surface area contributed by atoms with Gasteiger partial charge in [-0.15, -0.1) is 0 Å². The fourth-order valence-electron chi connectivity index (χ4n) is 4.30. The molecular weight excluding hydrogens is 336 g/mol. The van der Waals surface area contributed by atoms with Gasteiger partial charge in [0, 0.05) is 32.0 Å². The van der Waals surface area contributed by atoms with Gasteiger partial charge in [-0.2, -0.15) is 0 Å². The van der Waals surface area contributed by atoms with Gasteiger partial charge in [-0.25, -0.2) is 4.98 Å². The van der Waals surface area contributed by atoms with Crippen LogP contribution in [0.1, 0.15) is 71.4 Å². The van der Waals surface area contributed by atoms with Crippen molar-refractivity contribution in [3.8, 4) is 0 Å². The molecule has 0 saturated heterocycles. The molecule has 27 heavy (non-hydrogen) atoms. The molecule has 0 radical (unpaired) electrons. The van der Waals surface area contributed by atoms with Gasteiger partial charge in [0.2, 0.25) is 0 Å². The van der Waals surface area contributed by atoms with Crippen molar-refractivity contribution in [1.82, 2.24) is 9.88 Å². The highest BCUT2D eigenvalue weighted by molar-refractivity contribution is 5.94. The van der Waals surface area contributed by atoms with E-state index in [0.717, 1.165) is 37.4 Å². The maximum absolute atomic E-state index is 12.5. The van der Waals surface area contributed by atoms with Crippen LogP contribution in [0.3, 0.4) is 0 Å². The van der Waals surface area contributed by atoms with Crippen LogP contribution in [0.5, 0.6) is 0 Å². The molecule has 0 amide bonds. The van der Waals surface area contributed by atoms with Crippen molar-refractivity contribution in [2.45, 2.75) is 71.3 Å². The fraction of sp³-hybridized carbons (Fsp3) is 0.565. The summed E-state index contributed by atoms with van der Waals surface area (Å²) in [5, 5.41) is 0. The van der Waals surface area contributed by atoms with Crippen LogP contribution in [-0.2, 0) is 25.7 Å². The Hall–Kier alpha value is -1.94. The van der Waals surface area contributed by atoms with Crippen LogP contribution in [0.15, 0.2) is 22.6 Å². The number of hydrogen-bond acceptors (Lipinski definition) is 4. The van der Waals surface area contributed by atoms with Gasteiger partial charge < -0.3 is 4.42 Å². The number of oxazole rings is 1. The lowest BCUT2D eigenvalue weighted by Gasteiger charge is -2.36. The first-order valence-electron chi connectivity index (χ1n) is 10.5. The third kappa shape index (κ3) is 4.01. The van der Waals surface area contributed by atoms with E-state index in [2.05, 4.69) is 28.1 Å². The SMILES string of the molecule is CCc1nc(C)c(C(=O)CCc2ccc3c(c2)CCN(C2CCC2)CC3)o1. The molecule has 1 aromatic heterocycles. The summed E-state index contributed by atoms with van der Waals surface area (Å²) in [4.78, 5) is 19.5. The number of benzene rings is 1. The molecule has 4 nitrogen and oxygen atoms in total. The second-order valence-electron chi connectivity index (χ2n) is 8.02. The molecule has 4 rings (SSSR count). The van der Waals surface area contributed by atoms with Crippen molar-refractivity contribution in [3.05, 3.63) is 52.2 Å². The van der Waals surface area contributed by atoms with Gasteiger partial charge in [0.25, 0.3) is 0 Å². The van der Waals surface area contributed by atoms with Crippen LogP contribution >= 0.6 is 0 Å². The Labute approximate surface area is 162 Å². The number of carbonyl (C=O) groups excluding carboxylic acids is 1. The number of rotatable bonds is 6. The molecule has 1 aromatic carbocycles.